The molecule has 3 N–H and O–H groups in total. The summed E-state index contributed by atoms with van der Waals surface area (Å²) in [5.41, 5.74) is 5.78. The van der Waals surface area contributed by atoms with Crippen LogP contribution in [0.2, 0.25) is 5.02 Å². The lowest BCUT2D eigenvalue weighted by Crippen LogP contribution is -2.51. The Morgan fingerprint density at radius 2 is 1.95 bits per heavy atom. The van der Waals surface area contributed by atoms with Gasteiger partial charge in [0.05, 0.1) is 5.02 Å². The maximum absolute atomic E-state index is 12.0. The number of carbonyl (C=O) groups is 1. The number of para-hydroxylation sites is 1. The van der Waals surface area contributed by atoms with Gasteiger partial charge >= 0.3 is 0 Å². The fourth-order valence-electron chi connectivity index (χ4n) is 1.69. The number of amides is 1. The molecule has 0 saturated carbocycles. The van der Waals surface area contributed by atoms with Crippen molar-refractivity contribution in [1.29, 1.82) is 0 Å². The molecule has 1 unspecified atom stereocenters. The first-order chi connectivity index (χ1) is 9.41. The molecule has 0 aliphatic heterocycles. The van der Waals surface area contributed by atoms with Gasteiger partial charge in [0, 0.05) is 12.1 Å². The minimum Gasteiger partial charge on any atom is -0.479 e. The summed E-state index contributed by atoms with van der Waals surface area (Å²) in [5, 5.41) is 3.32. The minimum absolute atomic E-state index is 0. The molecule has 1 aromatic carbocycles. The molecule has 21 heavy (non-hydrogen) atoms. The van der Waals surface area contributed by atoms with Crippen molar-refractivity contribution in [1.82, 2.24) is 5.32 Å². The van der Waals surface area contributed by atoms with E-state index in [1.807, 2.05) is 26.0 Å². The Bertz CT molecular complexity index is 451. The van der Waals surface area contributed by atoms with E-state index in [0.29, 0.717) is 17.3 Å². The Kier molecular flexibility index (Phi) is 8.71. The maximum atomic E-state index is 12.0. The summed E-state index contributed by atoms with van der Waals surface area (Å²) in [6, 6.07) is 7.08. The highest BCUT2D eigenvalue weighted by molar-refractivity contribution is 6.32. The van der Waals surface area contributed by atoms with Crippen molar-refractivity contribution in [3.63, 3.8) is 0 Å². The molecule has 120 valence electrons. The monoisotopic (exact) mass is 334 g/mol. The van der Waals surface area contributed by atoms with E-state index in [9.17, 15) is 4.79 Å². The van der Waals surface area contributed by atoms with Gasteiger partial charge in [-0.2, -0.15) is 0 Å². The smallest absolute Gasteiger partial charge is 0.260 e. The van der Waals surface area contributed by atoms with Gasteiger partial charge < -0.3 is 15.8 Å². The summed E-state index contributed by atoms with van der Waals surface area (Å²) >= 11 is 5.99. The van der Waals surface area contributed by atoms with E-state index in [2.05, 4.69) is 5.32 Å². The van der Waals surface area contributed by atoms with Crippen molar-refractivity contribution >= 4 is 29.9 Å². The number of ether oxygens (including phenoxy) is 1. The summed E-state index contributed by atoms with van der Waals surface area (Å²) in [7, 11) is 0. The van der Waals surface area contributed by atoms with Crippen LogP contribution in [0, 0.1) is 0 Å². The van der Waals surface area contributed by atoms with Gasteiger partial charge in [-0.15, -0.1) is 12.4 Å². The third-order valence-electron chi connectivity index (χ3n) is 3.53. The lowest BCUT2D eigenvalue weighted by atomic mass is 9.94. The van der Waals surface area contributed by atoms with Crippen LogP contribution in [0.5, 0.6) is 5.75 Å². The van der Waals surface area contributed by atoms with Gasteiger partial charge in [0.2, 0.25) is 0 Å². The Hall–Kier alpha value is -0.970. The molecule has 6 heteroatoms. The minimum atomic E-state index is -0.618. The highest BCUT2D eigenvalue weighted by atomic mass is 35.5. The van der Waals surface area contributed by atoms with Gasteiger partial charge in [-0.25, -0.2) is 0 Å². The molecular formula is C15H24Cl2N2O2. The third kappa shape index (κ3) is 6.12. The van der Waals surface area contributed by atoms with Crippen LogP contribution in [0.4, 0.5) is 0 Å². The SMILES string of the molecule is CCC(N)(CC)CNC(=O)C(C)Oc1ccccc1Cl.Cl. The van der Waals surface area contributed by atoms with Crippen LogP contribution in [0.3, 0.4) is 0 Å². The fraction of sp³-hybridized carbons (Fsp3) is 0.533. The number of carbonyl (C=O) groups excluding carboxylic acids is 1. The van der Waals surface area contributed by atoms with E-state index in [4.69, 9.17) is 22.1 Å². The van der Waals surface area contributed by atoms with E-state index in [1.54, 1.807) is 19.1 Å². The van der Waals surface area contributed by atoms with E-state index in [0.717, 1.165) is 12.8 Å². The Morgan fingerprint density at radius 3 is 2.48 bits per heavy atom. The normalized spacial score (nSPS) is 12.2. The number of halogens is 2. The average molecular weight is 335 g/mol. The van der Waals surface area contributed by atoms with E-state index < -0.39 is 6.10 Å². The molecule has 0 aromatic heterocycles. The molecule has 1 rings (SSSR count). The molecule has 1 atom stereocenters. The van der Waals surface area contributed by atoms with Crippen LogP contribution in [0.1, 0.15) is 33.6 Å². The molecule has 4 nitrogen and oxygen atoms in total. The number of hydrogen-bond donors (Lipinski definition) is 2. The predicted octanol–water partition coefficient (Wildman–Crippen LogP) is 3.16. The topological polar surface area (TPSA) is 64.3 Å². The summed E-state index contributed by atoms with van der Waals surface area (Å²) in [6.45, 7) is 6.16. The quantitative estimate of drug-likeness (QED) is 0.804. The summed E-state index contributed by atoms with van der Waals surface area (Å²) in [5.74, 6) is 0.309. The van der Waals surface area contributed by atoms with Crippen molar-refractivity contribution < 1.29 is 9.53 Å². The molecule has 0 fully saturated rings. The highest BCUT2D eigenvalue weighted by Crippen LogP contribution is 2.24. The largest absolute Gasteiger partial charge is 0.479 e. The molecule has 0 bridgehead atoms. The zero-order chi connectivity index (χ0) is 15.2. The zero-order valence-corrected chi connectivity index (χ0v) is 14.3. The number of rotatable bonds is 7. The third-order valence-corrected chi connectivity index (χ3v) is 3.84. The standard InChI is InChI=1S/C15H23ClN2O2.ClH/c1-4-15(17,5-2)10-18-14(19)11(3)20-13-9-7-6-8-12(13)16;/h6-9,11H,4-5,10,17H2,1-3H3,(H,18,19);1H. The first kappa shape index (κ1) is 20.0. The van der Waals surface area contributed by atoms with Crippen molar-refractivity contribution in [2.75, 3.05) is 6.54 Å². The van der Waals surface area contributed by atoms with Crippen molar-refractivity contribution in [2.24, 2.45) is 5.73 Å². The van der Waals surface area contributed by atoms with Crippen LogP contribution in [-0.4, -0.2) is 24.1 Å². The molecule has 0 aliphatic rings. The molecule has 0 radical (unpaired) electrons. The Labute approximate surface area is 137 Å². The Morgan fingerprint density at radius 1 is 1.38 bits per heavy atom. The highest BCUT2D eigenvalue weighted by Gasteiger charge is 2.23. The van der Waals surface area contributed by atoms with Crippen LogP contribution < -0.4 is 15.8 Å². The van der Waals surface area contributed by atoms with E-state index in [-0.39, 0.29) is 23.9 Å². The summed E-state index contributed by atoms with van der Waals surface area (Å²) in [4.78, 5) is 12.0. The van der Waals surface area contributed by atoms with E-state index >= 15 is 0 Å². The maximum Gasteiger partial charge on any atom is 0.260 e. The lowest BCUT2D eigenvalue weighted by molar-refractivity contribution is -0.127. The molecule has 0 saturated heterocycles. The van der Waals surface area contributed by atoms with Gasteiger partial charge in [-0.3, -0.25) is 4.79 Å². The van der Waals surface area contributed by atoms with Gasteiger partial charge in [0.15, 0.2) is 6.10 Å². The second-order valence-electron chi connectivity index (χ2n) is 4.98. The van der Waals surface area contributed by atoms with Gasteiger partial charge in [0.25, 0.3) is 5.91 Å². The lowest BCUT2D eigenvalue weighted by Gasteiger charge is -2.27. The van der Waals surface area contributed by atoms with Crippen LogP contribution in [0.25, 0.3) is 0 Å². The molecule has 0 spiro atoms. The van der Waals surface area contributed by atoms with Gasteiger partial charge in [0.1, 0.15) is 5.75 Å². The molecule has 1 aromatic rings. The van der Waals surface area contributed by atoms with Crippen LogP contribution in [-0.2, 0) is 4.79 Å². The fourth-order valence-corrected chi connectivity index (χ4v) is 1.87. The summed E-state index contributed by atoms with van der Waals surface area (Å²) in [6.07, 6.45) is 1.00. The predicted molar refractivity (Wildman–Crippen MR) is 89.3 cm³/mol. The second-order valence-corrected chi connectivity index (χ2v) is 5.38. The van der Waals surface area contributed by atoms with Gasteiger partial charge in [-0.1, -0.05) is 37.6 Å². The van der Waals surface area contributed by atoms with Crippen molar-refractivity contribution in [3.05, 3.63) is 29.3 Å². The average Bonchev–Trinajstić information content (AvgIpc) is 2.46. The van der Waals surface area contributed by atoms with Crippen LogP contribution >= 0.6 is 24.0 Å². The zero-order valence-electron chi connectivity index (χ0n) is 12.7. The second kappa shape index (κ2) is 9.13. The first-order valence-electron chi connectivity index (χ1n) is 6.89. The van der Waals surface area contributed by atoms with Crippen molar-refractivity contribution in [3.8, 4) is 5.75 Å². The first-order valence-corrected chi connectivity index (χ1v) is 7.27. The molecular weight excluding hydrogens is 311 g/mol. The van der Waals surface area contributed by atoms with Gasteiger partial charge in [-0.05, 0) is 31.9 Å². The number of hydrogen-bond acceptors (Lipinski definition) is 3. The Balaban J connectivity index is 0.00000400. The number of benzene rings is 1. The van der Waals surface area contributed by atoms with Crippen LogP contribution in [0.15, 0.2) is 24.3 Å². The summed E-state index contributed by atoms with van der Waals surface area (Å²) < 4.78 is 5.55. The van der Waals surface area contributed by atoms with E-state index in [1.165, 1.54) is 0 Å². The number of nitrogens with one attached hydrogen (secondary N) is 1. The number of nitrogens with two attached hydrogens (primary N) is 1. The molecule has 0 aliphatic carbocycles. The molecule has 0 heterocycles. The molecule has 1 amide bonds. The van der Waals surface area contributed by atoms with Crippen molar-refractivity contribution in [2.45, 2.75) is 45.3 Å².